The molecule has 0 radical (unpaired) electrons. The molecule has 0 bridgehead atoms. The molecule has 4 rings (SSSR count). The molecule has 0 aliphatic carbocycles. The molecule has 0 atom stereocenters. The Kier molecular flexibility index (Phi) is 6.39. The van der Waals surface area contributed by atoms with Crippen LogP contribution in [0.15, 0.2) is 77.3 Å². The number of aromatic nitrogens is 3. The molecule has 1 amide bonds. The van der Waals surface area contributed by atoms with Crippen molar-refractivity contribution in [2.45, 2.75) is 11.7 Å². The van der Waals surface area contributed by atoms with Gasteiger partial charge in [0, 0.05) is 17.8 Å². The number of nitro benzene ring substituents is 1. The third kappa shape index (κ3) is 5.16. The number of benzene rings is 2. The molecule has 0 aliphatic heterocycles. The predicted octanol–water partition coefficient (Wildman–Crippen LogP) is 4.69. The molecule has 2 heterocycles. The smallest absolute Gasteiger partial charge is 0.271 e. The van der Waals surface area contributed by atoms with Crippen LogP contribution >= 0.6 is 23.1 Å². The monoisotopic (exact) mass is 451 g/mol. The van der Waals surface area contributed by atoms with Crippen molar-refractivity contribution in [2.24, 2.45) is 0 Å². The van der Waals surface area contributed by atoms with Crippen molar-refractivity contribution in [3.05, 3.63) is 87.8 Å². The average molecular weight is 452 g/mol. The molecule has 4 aromatic rings. The molecule has 1 N–H and O–H groups in total. The zero-order valence-electron chi connectivity index (χ0n) is 16.2. The van der Waals surface area contributed by atoms with Crippen molar-refractivity contribution in [3.8, 4) is 10.7 Å². The number of hydrogen-bond donors (Lipinski definition) is 1. The maximum Gasteiger partial charge on any atom is 0.271 e. The van der Waals surface area contributed by atoms with Crippen molar-refractivity contribution in [1.29, 1.82) is 0 Å². The van der Waals surface area contributed by atoms with E-state index in [-0.39, 0.29) is 17.3 Å². The topological polar surface area (TPSA) is 103 Å². The van der Waals surface area contributed by atoms with E-state index in [2.05, 4.69) is 15.5 Å². The first-order chi connectivity index (χ1) is 15.1. The Morgan fingerprint density at radius 3 is 2.68 bits per heavy atom. The highest BCUT2D eigenvalue weighted by atomic mass is 32.2. The van der Waals surface area contributed by atoms with Crippen molar-refractivity contribution >= 4 is 40.4 Å². The van der Waals surface area contributed by atoms with E-state index >= 15 is 0 Å². The van der Waals surface area contributed by atoms with Crippen molar-refractivity contribution in [2.75, 3.05) is 11.1 Å². The van der Waals surface area contributed by atoms with Crippen LogP contribution in [0.4, 0.5) is 11.4 Å². The molecule has 8 nitrogen and oxygen atoms in total. The summed E-state index contributed by atoms with van der Waals surface area (Å²) >= 11 is 2.85. The Morgan fingerprint density at radius 1 is 1.10 bits per heavy atom. The molecule has 0 unspecified atom stereocenters. The number of non-ortho nitro benzene ring substituents is 1. The van der Waals surface area contributed by atoms with E-state index < -0.39 is 4.92 Å². The van der Waals surface area contributed by atoms with E-state index in [0.29, 0.717) is 17.4 Å². The van der Waals surface area contributed by atoms with Crippen LogP contribution in [-0.2, 0) is 11.3 Å². The van der Waals surface area contributed by atoms with Gasteiger partial charge in [0.25, 0.3) is 5.69 Å². The van der Waals surface area contributed by atoms with Gasteiger partial charge in [-0.2, -0.15) is 0 Å². The average Bonchev–Trinajstić information content (AvgIpc) is 3.43. The molecule has 0 saturated carbocycles. The second-order valence-corrected chi connectivity index (χ2v) is 8.39. The Morgan fingerprint density at radius 2 is 1.94 bits per heavy atom. The van der Waals surface area contributed by atoms with E-state index in [1.54, 1.807) is 17.4 Å². The summed E-state index contributed by atoms with van der Waals surface area (Å²) in [6.07, 6.45) is 0. The fourth-order valence-corrected chi connectivity index (χ4v) is 4.37. The molecular weight excluding hydrogens is 434 g/mol. The minimum absolute atomic E-state index is 0.0753. The van der Waals surface area contributed by atoms with Crippen molar-refractivity contribution < 1.29 is 9.72 Å². The van der Waals surface area contributed by atoms with Gasteiger partial charge in [0.2, 0.25) is 5.91 Å². The number of rotatable bonds is 8. The van der Waals surface area contributed by atoms with Crippen LogP contribution in [0, 0.1) is 10.1 Å². The van der Waals surface area contributed by atoms with E-state index in [9.17, 15) is 14.9 Å². The molecule has 2 aromatic carbocycles. The zero-order chi connectivity index (χ0) is 21.6. The van der Waals surface area contributed by atoms with Gasteiger partial charge in [0.1, 0.15) is 0 Å². The minimum atomic E-state index is -0.497. The Labute approximate surface area is 186 Å². The molecule has 2 aromatic heterocycles. The Balaban J connectivity index is 1.49. The molecule has 0 spiro atoms. The van der Waals surface area contributed by atoms with Gasteiger partial charge in [-0.25, -0.2) is 0 Å². The van der Waals surface area contributed by atoms with Crippen molar-refractivity contribution in [3.63, 3.8) is 0 Å². The molecule has 10 heteroatoms. The van der Waals surface area contributed by atoms with Crippen LogP contribution in [-0.4, -0.2) is 31.3 Å². The first-order valence-electron chi connectivity index (χ1n) is 9.28. The van der Waals surface area contributed by atoms with Crippen molar-refractivity contribution in [1.82, 2.24) is 14.8 Å². The number of carbonyl (C=O) groups excluding carboxylic acids is 1. The second kappa shape index (κ2) is 9.54. The van der Waals surface area contributed by atoms with Crippen LogP contribution in [0.2, 0.25) is 0 Å². The maximum atomic E-state index is 12.4. The normalized spacial score (nSPS) is 10.7. The highest BCUT2D eigenvalue weighted by Crippen LogP contribution is 2.28. The minimum Gasteiger partial charge on any atom is -0.325 e. The standard InChI is InChI=1S/C21H17N5O3S2/c27-19(22-16-8-4-9-17(12-16)26(28)29)14-31-21-24-23-20(18-10-5-11-30-18)25(21)13-15-6-2-1-3-7-15/h1-12H,13-14H2,(H,22,27). The van der Waals surface area contributed by atoms with Crippen LogP contribution in [0.3, 0.4) is 0 Å². The molecule has 156 valence electrons. The van der Waals surface area contributed by atoms with Crippen LogP contribution in [0.1, 0.15) is 5.56 Å². The zero-order valence-corrected chi connectivity index (χ0v) is 17.8. The molecule has 0 fully saturated rings. The second-order valence-electron chi connectivity index (χ2n) is 6.50. The summed E-state index contributed by atoms with van der Waals surface area (Å²) in [5.74, 6) is 0.568. The van der Waals surface area contributed by atoms with Gasteiger partial charge in [-0.1, -0.05) is 54.2 Å². The van der Waals surface area contributed by atoms with Gasteiger partial charge in [0.05, 0.1) is 22.1 Å². The third-order valence-electron chi connectivity index (χ3n) is 4.32. The predicted molar refractivity (Wildman–Crippen MR) is 121 cm³/mol. The first-order valence-corrected chi connectivity index (χ1v) is 11.1. The Bertz CT molecular complexity index is 1190. The summed E-state index contributed by atoms with van der Waals surface area (Å²) < 4.78 is 1.99. The quantitative estimate of drug-likeness (QED) is 0.237. The van der Waals surface area contributed by atoms with E-state index in [4.69, 9.17) is 0 Å². The summed E-state index contributed by atoms with van der Waals surface area (Å²) in [7, 11) is 0. The van der Waals surface area contributed by atoms with Crippen LogP contribution in [0.5, 0.6) is 0 Å². The number of nitrogens with one attached hydrogen (secondary N) is 1. The first kappa shape index (κ1) is 20.8. The number of nitrogens with zero attached hydrogens (tertiary/aromatic N) is 4. The summed E-state index contributed by atoms with van der Waals surface area (Å²) in [5, 5.41) is 24.9. The number of anilines is 1. The van der Waals surface area contributed by atoms with E-state index in [0.717, 1.165) is 16.3 Å². The number of thioether (sulfide) groups is 1. The van der Waals surface area contributed by atoms with Gasteiger partial charge in [-0.3, -0.25) is 19.5 Å². The van der Waals surface area contributed by atoms with Gasteiger partial charge >= 0.3 is 0 Å². The van der Waals surface area contributed by atoms with Gasteiger partial charge in [-0.15, -0.1) is 21.5 Å². The summed E-state index contributed by atoms with van der Waals surface area (Å²) in [4.78, 5) is 23.8. The summed E-state index contributed by atoms with van der Waals surface area (Å²) in [5.41, 5.74) is 1.40. The number of thiophene rings is 1. The summed E-state index contributed by atoms with van der Waals surface area (Å²) in [6, 6.07) is 19.8. The lowest BCUT2D eigenvalue weighted by Crippen LogP contribution is -2.15. The number of amides is 1. The van der Waals surface area contributed by atoms with E-state index in [1.165, 1.54) is 30.0 Å². The number of nitro groups is 1. The molecule has 0 aliphatic rings. The van der Waals surface area contributed by atoms with Gasteiger partial charge in [0.15, 0.2) is 11.0 Å². The Hall–Kier alpha value is -3.50. The fourth-order valence-electron chi connectivity index (χ4n) is 2.92. The summed E-state index contributed by atoms with van der Waals surface area (Å²) in [6.45, 7) is 0.579. The van der Waals surface area contributed by atoms with Gasteiger partial charge in [-0.05, 0) is 23.1 Å². The molecule has 31 heavy (non-hydrogen) atoms. The largest absolute Gasteiger partial charge is 0.325 e. The highest BCUT2D eigenvalue weighted by Gasteiger charge is 2.17. The lowest BCUT2D eigenvalue weighted by molar-refractivity contribution is -0.384. The maximum absolute atomic E-state index is 12.4. The lowest BCUT2D eigenvalue weighted by Gasteiger charge is -2.10. The SMILES string of the molecule is O=C(CSc1nnc(-c2cccs2)n1Cc1ccccc1)Nc1cccc([N+](=O)[O-])c1. The third-order valence-corrected chi connectivity index (χ3v) is 6.15. The van der Waals surface area contributed by atoms with Crippen LogP contribution in [0.25, 0.3) is 10.7 Å². The van der Waals surface area contributed by atoms with E-state index in [1.807, 2.05) is 52.4 Å². The number of carbonyl (C=O) groups is 1. The van der Waals surface area contributed by atoms with Crippen LogP contribution < -0.4 is 5.32 Å². The van der Waals surface area contributed by atoms with Gasteiger partial charge < -0.3 is 5.32 Å². The molecular formula is C21H17N5O3S2. The number of hydrogen-bond acceptors (Lipinski definition) is 7. The fraction of sp³-hybridized carbons (Fsp3) is 0.0952. The lowest BCUT2D eigenvalue weighted by atomic mass is 10.2. The highest BCUT2D eigenvalue weighted by molar-refractivity contribution is 7.99. The molecule has 0 saturated heterocycles.